The summed E-state index contributed by atoms with van der Waals surface area (Å²) in [6.45, 7) is 7.03. The number of rotatable bonds is 7. The molecule has 1 aliphatic heterocycles. The van der Waals surface area contributed by atoms with E-state index in [9.17, 15) is 23.2 Å². The molecular weight excluding hydrogens is 517 g/mol. The second-order valence-corrected chi connectivity index (χ2v) is 10.4. The number of oxazole rings is 1. The van der Waals surface area contributed by atoms with Crippen molar-refractivity contribution in [3.8, 4) is 17.5 Å². The van der Waals surface area contributed by atoms with Crippen molar-refractivity contribution >= 4 is 22.6 Å². The Morgan fingerprint density at radius 1 is 1.02 bits per heavy atom. The number of hydrogen-bond donors (Lipinski definition) is 0. The summed E-state index contributed by atoms with van der Waals surface area (Å²) in [6.07, 6.45) is -4.04. The van der Waals surface area contributed by atoms with Gasteiger partial charge in [-0.15, -0.1) is 0 Å². The topological polar surface area (TPSA) is 73.4 Å². The number of Topliss-reactive ketones (excluding diaryl/α,β-unsaturated/α-hetero) is 1. The highest BCUT2D eigenvalue weighted by molar-refractivity contribution is 5.83. The number of alkyl halides is 3. The van der Waals surface area contributed by atoms with Crippen LogP contribution in [0, 0.1) is 11.3 Å². The number of fused-ring (bicyclic) bond motifs is 1. The van der Waals surface area contributed by atoms with Crippen molar-refractivity contribution < 1.29 is 22.4 Å². The summed E-state index contributed by atoms with van der Waals surface area (Å²) in [5, 5.41) is 9.35. The zero-order chi connectivity index (χ0) is 28.4. The monoisotopic (exact) mass is 546 g/mol. The Kier molecular flexibility index (Phi) is 7.63. The highest BCUT2D eigenvalue weighted by Gasteiger charge is 2.30. The number of piperazine rings is 1. The molecule has 206 valence electrons. The Bertz CT molecular complexity index is 1540. The van der Waals surface area contributed by atoms with Crippen molar-refractivity contribution in [1.82, 2.24) is 9.88 Å². The molecule has 9 heteroatoms. The van der Waals surface area contributed by atoms with Gasteiger partial charge in [0.15, 0.2) is 11.4 Å². The molecular formula is C31H29F3N4O2. The van der Waals surface area contributed by atoms with Gasteiger partial charge >= 0.3 is 6.18 Å². The highest BCUT2D eigenvalue weighted by Crippen LogP contribution is 2.32. The molecule has 1 aromatic heterocycles. The molecule has 0 amide bonds. The van der Waals surface area contributed by atoms with Crippen LogP contribution in [0.4, 0.5) is 18.9 Å². The molecule has 3 aromatic carbocycles. The molecule has 40 heavy (non-hydrogen) atoms. The lowest BCUT2D eigenvalue weighted by Crippen LogP contribution is -2.48. The number of aromatic nitrogens is 1. The van der Waals surface area contributed by atoms with Crippen LogP contribution in [0.2, 0.25) is 0 Å². The van der Waals surface area contributed by atoms with Crippen LogP contribution >= 0.6 is 0 Å². The SMILES string of the molecule is CC(C)c1cc(C#N)cc2nc(-c3ccc(CC(=O)CN4CCN(c5ccc(C(F)(F)F)cc5)CC4)cc3)oc12. The van der Waals surface area contributed by atoms with Crippen LogP contribution in [0.3, 0.4) is 0 Å². The molecule has 0 spiro atoms. The van der Waals surface area contributed by atoms with E-state index >= 15 is 0 Å². The molecule has 0 saturated carbocycles. The van der Waals surface area contributed by atoms with Crippen LogP contribution in [-0.2, 0) is 17.4 Å². The number of nitrogens with zero attached hydrogens (tertiary/aromatic N) is 4. The van der Waals surface area contributed by atoms with E-state index in [4.69, 9.17) is 4.42 Å². The minimum Gasteiger partial charge on any atom is -0.436 e. The van der Waals surface area contributed by atoms with E-state index in [0.29, 0.717) is 61.7 Å². The van der Waals surface area contributed by atoms with Gasteiger partial charge in [-0.05, 0) is 60.0 Å². The maximum absolute atomic E-state index is 12.8. The Hall–Kier alpha value is -4.16. The predicted molar refractivity (Wildman–Crippen MR) is 147 cm³/mol. The first-order valence-corrected chi connectivity index (χ1v) is 13.2. The smallest absolute Gasteiger partial charge is 0.416 e. The Morgan fingerprint density at radius 3 is 2.30 bits per heavy atom. The van der Waals surface area contributed by atoms with E-state index in [0.717, 1.165) is 34.5 Å². The maximum Gasteiger partial charge on any atom is 0.416 e. The predicted octanol–water partition coefficient (Wildman–Crippen LogP) is 6.44. The van der Waals surface area contributed by atoms with Gasteiger partial charge < -0.3 is 9.32 Å². The molecule has 5 rings (SSSR count). The van der Waals surface area contributed by atoms with E-state index in [2.05, 4.69) is 16.0 Å². The van der Waals surface area contributed by atoms with Crippen molar-refractivity contribution in [3.05, 3.63) is 82.9 Å². The number of carbonyl (C=O) groups excluding carboxylic acids is 1. The number of ketones is 1. The summed E-state index contributed by atoms with van der Waals surface area (Å²) in [7, 11) is 0. The van der Waals surface area contributed by atoms with Gasteiger partial charge in [-0.1, -0.05) is 26.0 Å². The van der Waals surface area contributed by atoms with Crippen LogP contribution in [0.1, 0.15) is 42.0 Å². The lowest BCUT2D eigenvalue weighted by molar-refractivity contribution is -0.137. The van der Waals surface area contributed by atoms with Gasteiger partial charge in [0.05, 0.1) is 23.7 Å². The van der Waals surface area contributed by atoms with E-state index in [1.807, 2.05) is 49.1 Å². The van der Waals surface area contributed by atoms with E-state index < -0.39 is 11.7 Å². The zero-order valence-electron chi connectivity index (χ0n) is 22.3. The molecule has 1 aliphatic rings. The summed E-state index contributed by atoms with van der Waals surface area (Å²) in [4.78, 5) is 21.5. The van der Waals surface area contributed by atoms with E-state index in [1.165, 1.54) is 12.1 Å². The number of carbonyl (C=O) groups is 1. The van der Waals surface area contributed by atoms with Gasteiger partial charge in [0.1, 0.15) is 5.52 Å². The first-order chi connectivity index (χ1) is 19.1. The average molecular weight is 547 g/mol. The minimum absolute atomic E-state index is 0.100. The van der Waals surface area contributed by atoms with Gasteiger partial charge in [0.25, 0.3) is 0 Å². The number of hydrogen-bond acceptors (Lipinski definition) is 6. The molecule has 1 fully saturated rings. The van der Waals surface area contributed by atoms with Gasteiger partial charge in [0.2, 0.25) is 5.89 Å². The summed E-state index contributed by atoms with van der Waals surface area (Å²) < 4.78 is 44.5. The second kappa shape index (κ2) is 11.1. The van der Waals surface area contributed by atoms with Crippen LogP contribution in [-0.4, -0.2) is 48.4 Å². The Labute approximate surface area is 230 Å². The molecule has 0 aliphatic carbocycles. The first kappa shape index (κ1) is 27.4. The maximum atomic E-state index is 12.8. The average Bonchev–Trinajstić information content (AvgIpc) is 3.37. The Balaban J connectivity index is 1.16. The summed E-state index contributed by atoms with van der Waals surface area (Å²) >= 11 is 0. The fraction of sp³-hybridized carbons (Fsp3) is 0.323. The number of halogens is 3. The molecule has 0 bridgehead atoms. The second-order valence-electron chi connectivity index (χ2n) is 10.4. The standard InChI is InChI=1S/C31H29F3N4O2/c1-20(2)27-16-22(18-35)17-28-29(27)40-30(36-28)23-5-3-21(4-6-23)15-26(39)19-37-11-13-38(14-12-37)25-9-7-24(8-10-25)31(32,33)34/h3-10,16-17,20H,11-15,19H2,1-2H3. The van der Waals surface area contributed by atoms with Gasteiger partial charge in [-0.2, -0.15) is 18.4 Å². The highest BCUT2D eigenvalue weighted by atomic mass is 19.4. The fourth-order valence-electron chi connectivity index (χ4n) is 5.00. The van der Waals surface area contributed by atoms with E-state index in [-0.39, 0.29) is 11.7 Å². The third kappa shape index (κ3) is 6.02. The van der Waals surface area contributed by atoms with Crippen LogP contribution < -0.4 is 4.90 Å². The number of nitriles is 1. The molecule has 0 unspecified atom stereocenters. The lowest BCUT2D eigenvalue weighted by atomic mass is 10.00. The van der Waals surface area contributed by atoms with Gasteiger partial charge in [-0.3, -0.25) is 9.69 Å². The van der Waals surface area contributed by atoms with Crippen LogP contribution in [0.15, 0.2) is 65.1 Å². The molecule has 2 heterocycles. The summed E-state index contributed by atoms with van der Waals surface area (Å²) in [5.74, 6) is 0.747. The first-order valence-electron chi connectivity index (χ1n) is 13.2. The van der Waals surface area contributed by atoms with Crippen molar-refractivity contribution in [2.45, 2.75) is 32.4 Å². The molecule has 0 radical (unpaired) electrons. The van der Waals surface area contributed by atoms with E-state index in [1.54, 1.807) is 6.07 Å². The third-order valence-electron chi connectivity index (χ3n) is 7.20. The molecule has 1 saturated heterocycles. The van der Waals surface area contributed by atoms with Crippen molar-refractivity contribution in [3.63, 3.8) is 0 Å². The van der Waals surface area contributed by atoms with Gasteiger partial charge in [0, 0.05) is 49.4 Å². The zero-order valence-corrected chi connectivity index (χ0v) is 22.3. The molecule has 4 aromatic rings. The number of benzene rings is 3. The van der Waals surface area contributed by atoms with Crippen molar-refractivity contribution in [2.75, 3.05) is 37.6 Å². The van der Waals surface area contributed by atoms with Gasteiger partial charge in [-0.25, -0.2) is 4.98 Å². The van der Waals surface area contributed by atoms with Crippen molar-refractivity contribution in [1.29, 1.82) is 5.26 Å². The summed E-state index contributed by atoms with van der Waals surface area (Å²) in [5.41, 5.74) is 4.60. The minimum atomic E-state index is -4.34. The Morgan fingerprint density at radius 2 is 1.70 bits per heavy atom. The van der Waals surface area contributed by atoms with Crippen molar-refractivity contribution in [2.24, 2.45) is 0 Å². The molecule has 6 nitrogen and oxygen atoms in total. The normalized spacial score (nSPS) is 14.6. The largest absolute Gasteiger partial charge is 0.436 e. The molecule has 0 N–H and O–H groups in total. The quantitative estimate of drug-likeness (QED) is 0.266. The summed E-state index contributed by atoms with van der Waals surface area (Å²) in [6, 6.07) is 18.5. The number of anilines is 1. The lowest BCUT2D eigenvalue weighted by Gasteiger charge is -2.35. The third-order valence-corrected chi connectivity index (χ3v) is 7.20. The van der Waals surface area contributed by atoms with Crippen LogP contribution in [0.25, 0.3) is 22.6 Å². The fourth-order valence-corrected chi connectivity index (χ4v) is 5.00. The van der Waals surface area contributed by atoms with Crippen LogP contribution in [0.5, 0.6) is 0 Å². The molecule has 0 atom stereocenters.